The molecular weight excluding hydrogens is 374 g/mol. The number of benzene rings is 2. The van der Waals surface area contributed by atoms with Gasteiger partial charge in [0.25, 0.3) is 0 Å². The van der Waals surface area contributed by atoms with E-state index in [1.807, 2.05) is 0 Å². The van der Waals surface area contributed by atoms with E-state index in [1.165, 1.54) is 6.07 Å². The molecule has 5 nitrogen and oxygen atoms in total. The van der Waals surface area contributed by atoms with Crippen LogP contribution in [0.5, 0.6) is 11.5 Å². The molecule has 0 aliphatic heterocycles. The summed E-state index contributed by atoms with van der Waals surface area (Å²) in [5.74, 6) is -0.0637. The lowest BCUT2D eigenvalue weighted by Crippen LogP contribution is -2.22. The van der Waals surface area contributed by atoms with Crippen molar-refractivity contribution < 1.29 is 19.4 Å². The zero-order valence-corrected chi connectivity index (χ0v) is 14.6. The van der Waals surface area contributed by atoms with Crippen LogP contribution in [0.25, 0.3) is 22.2 Å². The summed E-state index contributed by atoms with van der Waals surface area (Å²) < 4.78 is 11.4. The molecule has 0 aliphatic rings. The van der Waals surface area contributed by atoms with Gasteiger partial charge in [-0.3, -0.25) is 0 Å². The molecule has 0 atom stereocenters. The van der Waals surface area contributed by atoms with E-state index in [1.54, 1.807) is 50.6 Å². The van der Waals surface area contributed by atoms with Crippen LogP contribution in [0.2, 0.25) is 0 Å². The molecule has 122 valence electrons. The van der Waals surface area contributed by atoms with E-state index in [4.69, 9.17) is 9.47 Å². The Labute approximate surface area is 147 Å². The van der Waals surface area contributed by atoms with E-state index < -0.39 is 5.97 Å². The summed E-state index contributed by atoms with van der Waals surface area (Å²) >= 11 is 3.34. The fourth-order valence-electron chi connectivity index (χ4n) is 2.52. The molecule has 0 bridgehead atoms. The predicted molar refractivity (Wildman–Crippen MR) is 92.3 cm³/mol. The standard InChI is InChI=1S/C18H14BrNO4/c1-23-11-4-6-17(24-2)14(8-11)16-9-13(18(21)22)12-7-10(19)3-5-15(12)20-16/h3-9H,1-2H3,(H,21,22)/p-1. The predicted octanol–water partition coefficient (Wildman–Crippen LogP) is 3.05. The van der Waals surface area contributed by atoms with Crippen molar-refractivity contribution in [3.05, 3.63) is 52.5 Å². The lowest BCUT2D eigenvalue weighted by atomic mass is 10.0. The van der Waals surface area contributed by atoms with Gasteiger partial charge in [-0.05, 0) is 42.5 Å². The molecular formula is C18H13BrNO4-. The topological polar surface area (TPSA) is 71.5 Å². The van der Waals surface area contributed by atoms with Crippen LogP contribution in [0, 0.1) is 0 Å². The van der Waals surface area contributed by atoms with E-state index in [0.717, 1.165) is 4.47 Å². The number of fused-ring (bicyclic) bond motifs is 1. The second-order valence-corrected chi connectivity index (χ2v) is 5.99. The maximum Gasteiger partial charge on any atom is 0.128 e. The van der Waals surface area contributed by atoms with E-state index in [-0.39, 0.29) is 5.56 Å². The molecule has 0 fully saturated rings. The third-order valence-electron chi connectivity index (χ3n) is 3.67. The highest BCUT2D eigenvalue weighted by molar-refractivity contribution is 9.10. The molecule has 0 N–H and O–H groups in total. The normalized spacial score (nSPS) is 10.6. The first-order chi connectivity index (χ1) is 11.5. The summed E-state index contributed by atoms with van der Waals surface area (Å²) in [6.07, 6.45) is 0. The molecule has 3 rings (SSSR count). The summed E-state index contributed by atoms with van der Waals surface area (Å²) in [5, 5.41) is 12.1. The molecule has 0 amide bonds. The number of rotatable bonds is 4. The highest BCUT2D eigenvalue weighted by Gasteiger charge is 2.13. The molecule has 3 aromatic rings. The molecule has 0 unspecified atom stereocenters. The van der Waals surface area contributed by atoms with E-state index in [9.17, 15) is 9.90 Å². The number of carboxylic acid groups (broad SMARTS) is 1. The number of carbonyl (C=O) groups excluding carboxylic acids is 1. The van der Waals surface area contributed by atoms with E-state index >= 15 is 0 Å². The van der Waals surface area contributed by atoms with Gasteiger partial charge in [0, 0.05) is 21.0 Å². The first-order valence-corrected chi connectivity index (χ1v) is 7.87. The zero-order valence-electron chi connectivity index (χ0n) is 13.0. The fraction of sp³-hybridized carbons (Fsp3) is 0.111. The molecule has 1 heterocycles. The second-order valence-electron chi connectivity index (χ2n) is 5.07. The monoisotopic (exact) mass is 386 g/mol. The maximum absolute atomic E-state index is 11.6. The number of hydrogen-bond acceptors (Lipinski definition) is 5. The van der Waals surface area contributed by atoms with E-state index in [0.29, 0.717) is 33.7 Å². The van der Waals surface area contributed by atoms with E-state index in [2.05, 4.69) is 20.9 Å². The minimum absolute atomic E-state index is 0.0705. The van der Waals surface area contributed by atoms with Gasteiger partial charge in [0.15, 0.2) is 0 Å². The Balaban J connectivity index is 2.31. The van der Waals surface area contributed by atoms with Gasteiger partial charge in [-0.15, -0.1) is 0 Å². The number of carbonyl (C=O) groups is 1. The fourth-order valence-corrected chi connectivity index (χ4v) is 2.88. The summed E-state index contributed by atoms with van der Waals surface area (Å²) in [6.45, 7) is 0. The number of aromatic carboxylic acids is 1. The highest BCUT2D eigenvalue weighted by atomic mass is 79.9. The zero-order chi connectivity index (χ0) is 17.3. The van der Waals surface area contributed by atoms with Crippen molar-refractivity contribution in [3.63, 3.8) is 0 Å². The molecule has 0 spiro atoms. The van der Waals surface area contributed by atoms with Gasteiger partial charge in [-0.2, -0.15) is 0 Å². The lowest BCUT2D eigenvalue weighted by Gasteiger charge is -2.14. The van der Waals surface area contributed by atoms with Crippen LogP contribution in [0.3, 0.4) is 0 Å². The molecule has 6 heteroatoms. The number of pyridine rings is 1. The van der Waals surface area contributed by atoms with Crippen LogP contribution in [0.1, 0.15) is 10.4 Å². The average Bonchev–Trinajstić information content (AvgIpc) is 2.60. The van der Waals surface area contributed by atoms with Crippen molar-refractivity contribution in [2.75, 3.05) is 14.2 Å². The van der Waals surface area contributed by atoms with Crippen molar-refractivity contribution >= 4 is 32.8 Å². The van der Waals surface area contributed by atoms with Crippen LogP contribution in [0.15, 0.2) is 46.9 Å². The van der Waals surface area contributed by atoms with Crippen LogP contribution in [-0.2, 0) is 0 Å². The van der Waals surface area contributed by atoms with Crippen molar-refractivity contribution in [3.8, 4) is 22.8 Å². The Bertz CT molecular complexity index is 940. The number of nitrogens with zero attached hydrogens (tertiary/aromatic N) is 1. The molecule has 2 aromatic carbocycles. The van der Waals surface area contributed by atoms with Crippen LogP contribution >= 0.6 is 15.9 Å². The number of methoxy groups -OCH3 is 2. The highest BCUT2D eigenvalue weighted by Crippen LogP contribution is 2.34. The summed E-state index contributed by atoms with van der Waals surface area (Å²) in [7, 11) is 3.10. The van der Waals surface area contributed by atoms with Crippen molar-refractivity contribution in [2.45, 2.75) is 0 Å². The second kappa shape index (κ2) is 6.49. The summed E-state index contributed by atoms with van der Waals surface area (Å²) in [6, 6.07) is 12.0. The smallest absolute Gasteiger partial charge is 0.128 e. The van der Waals surface area contributed by atoms with Gasteiger partial charge in [0.2, 0.25) is 0 Å². The van der Waals surface area contributed by atoms with Crippen molar-refractivity contribution in [1.29, 1.82) is 0 Å². The first-order valence-electron chi connectivity index (χ1n) is 7.07. The number of halogens is 1. The molecule has 0 radical (unpaired) electrons. The Hall–Kier alpha value is -2.60. The Morgan fingerprint density at radius 1 is 1.08 bits per heavy atom. The first kappa shape index (κ1) is 16.3. The molecule has 0 saturated heterocycles. The van der Waals surface area contributed by atoms with Crippen LogP contribution in [0.4, 0.5) is 0 Å². The van der Waals surface area contributed by atoms with Gasteiger partial charge < -0.3 is 19.4 Å². The number of aromatic nitrogens is 1. The minimum atomic E-state index is -1.26. The summed E-state index contributed by atoms with van der Waals surface area (Å²) in [5.41, 5.74) is 1.74. The Morgan fingerprint density at radius 2 is 1.88 bits per heavy atom. The molecule has 24 heavy (non-hydrogen) atoms. The summed E-state index contributed by atoms with van der Waals surface area (Å²) in [4.78, 5) is 16.1. The molecule has 1 aromatic heterocycles. The Morgan fingerprint density at radius 3 is 2.54 bits per heavy atom. The van der Waals surface area contributed by atoms with Crippen LogP contribution < -0.4 is 14.6 Å². The van der Waals surface area contributed by atoms with Gasteiger partial charge in [0.05, 0.1) is 31.4 Å². The minimum Gasteiger partial charge on any atom is -0.545 e. The third-order valence-corrected chi connectivity index (χ3v) is 4.17. The van der Waals surface area contributed by atoms with Crippen LogP contribution in [-0.4, -0.2) is 25.2 Å². The average molecular weight is 387 g/mol. The van der Waals surface area contributed by atoms with Crippen molar-refractivity contribution in [2.24, 2.45) is 0 Å². The molecule has 0 saturated carbocycles. The lowest BCUT2D eigenvalue weighted by molar-refractivity contribution is -0.254. The van der Waals surface area contributed by atoms with Gasteiger partial charge in [0.1, 0.15) is 11.5 Å². The van der Waals surface area contributed by atoms with Gasteiger partial charge in [-0.1, -0.05) is 15.9 Å². The largest absolute Gasteiger partial charge is 0.545 e. The van der Waals surface area contributed by atoms with Gasteiger partial charge >= 0.3 is 0 Å². The number of hydrogen-bond donors (Lipinski definition) is 0. The number of ether oxygens (including phenoxy) is 2. The quantitative estimate of drug-likeness (QED) is 0.688. The Kier molecular flexibility index (Phi) is 4.40. The number of carboxylic acids is 1. The van der Waals surface area contributed by atoms with Crippen molar-refractivity contribution in [1.82, 2.24) is 4.98 Å². The van der Waals surface area contributed by atoms with Gasteiger partial charge in [-0.25, -0.2) is 4.98 Å². The maximum atomic E-state index is 11.6. The third kappa shape index (κ3) is 2.92. The molecule has 0 aliphatic carbocycles. The SMILES string of the molecule is COc1ccc(OC)c(-c2cc(C(=O)[O-])c3cc(Br)ccc3n2)c1.